The molecule has 0 bridgehead atoms. The van der Waals surface area contributed by atoms with Crippen molar-refractivity contribution in [2.24, 2.45) is 0 Å². The molecule has 1 aromatic rings. The number of hydrogen-bond acceptors (Lipinski definition) is 5. The molecule has 2 N–H and O–H groups in total. The van der Waals surface area contributed by atoms with Gasteiger partial charge in [-0.25, -0.2) is 13.2 Å². The standard InChI is InChI=1S/C10H13NO5S2/c1-6-5-17-8(10(13)14)9(6)18(15,16)11-3-2-7(12)4-11/h5,7,12H,2-4H2,1H3,(H,13,14). The maximum atomic E-state index is 12.3. The van der Waals surface area contributed by atoms with Gasteiger partial charge < -0.3 is 10.2 Å². The number of aliphatic hydroxyl groups is 1. The summed E-state index contributed by atoms with van der Waals surface area (Å²) in [4.78, 5) is 10.7. The van der Waals surface area contributed by atoms with Crippen LogP contribution in [0.5, 0.6) is 0 Å². The minimum absolute atomic E-state index is 0.0245. The van der Waals surface area contributed by atoms with Gasteiger partial charge in [-0.2, -0.15) is 4.31 Å². The Morgan fingerprint density at radius 1 is 1.56 bits per heavy atom. The summed E-state index contributed by atoms with van der Waals surface area (Å²) in [5, 5.41) is 19.9. The van der Waals surface area contributed by atoms with Crippen LogP contribution in [0.2, 0.25) is 0 Å². The van der Waals surface area contributed by atoms with Gasteiger partial charge in [0, 0.05) is 13.1 Å². The topological polar surface area (TPSA) is 94.9 Å². The van der Waals surface area contributed by atoms with E-state index < -0.39 is 22.1 Å². The Labute approximate surface area is 109 Å². The van der Waals surface area contributed by atoms with Gasteiger partial charge in [0.15, 0.2) is 0 Å². The number of hydrogen-bond donors (Lipinski definition) is 2. The third-order valence-electron chi connectivity index (χ3n) is 2.84. The van der Waals surface area contributed by atoms with Gasteiger partial charge in [-0.05, 0) is 24.3 Å². The number of carboxylic acids is 1. The van der Waals surface area contributed by atoms with Gasteiger partial charge in [0.25, 0.3) is 0 Å². The Morgan fingerprint density at radius 3 is 2.72 bits per heavy atom. The summed E-state index contributed by atoms with van der Waals surface area (Å²) < 4.78 is 25.8. The molecule has 1 aliphatic heterocycles. The first-order valence-corrected chi connectivity index (χ1v) is 7.65. The third-order valence-corrected chi connectivity index (χ3v) is 6.10. The molecule has 2 rings (SSSR count). The van der Waals surface area contributed by atoms with Crippen molar-refractivity contribution < 1.29 is 23.4 Å². The number of sulfonamides is 1. The monoisotopic (exact) mass is 291 g/mol. The smallest absolute Gasteiger partial charge is 0.347 e. The minimum Gasteiger partial charge on any atom is -0.477 e. The van der Waals surface area contributed by atoms with Crippen molar-refractivity contribution >= 4 is 27.3 Å². The summed E-state index contributed by atoms with van der Waals surface area (Å²) >= 11 is 0.903. The van der Waals surface area contributed by atoms with E-state index in [2.05, 4.69) is 0 Å². The molecule has 1 atom stereocenters. The zero-order valence-corrected chi connectivity index (χ0v) is 11.3. The van der Waals surface area contributed by atoms with Crippen LogP contribution in [-0.4, -0.2) is 48.1 Å². The number of rotatable bonds is 3. The number of aryl methyl sites for hydroxylation is 1. The predicted molar refractivity (Wildman–Crippen MR) is 65.4 cm³/mol. The molecule has 100 valence electrons. The predicted octanol–water partition coefficient (Wildman–Crippen LogP) is 0.510. The van der Waals surface area contributed by atoms with Gasteiger partial charge in [0.1, 0.15) is 9.77 Å². The molecule has 1 unspecified atom stereocenters. The zero-order valence-electron chi connectivity index (χ0n) is 9.66. The van der Waals surface area contributed by atoms with Crippen LogP contribution in [0.15, 0.2) is 10.3 Å². The van der Waals surface area contributed by atoms with Crippen molar-refractivity contribution in [2.75, 3.05) is 13.1 Å². The molecule has 6 nitrogen and oxygen atoms in total. The Hall–Kier alpha value is -0.960. The largest absolute Gasteiger partial charge is 0.477 e. The second kappa shape index (κ2) is 4.61. The fourth-order valence-corrected chi connectivity index (χ4v) is 5.04. The van der Waals surface area contributed by atoms with Gasteiger partial charge in [-0.3, -0.25) is 0 Å². The Balaban J connectivity index is 2.48. The highest BCUT2D eigenvalue weighted by Crippen LogP contribution is 2.31. The molecule has 1 fully saturated rings. The second-order valence-corrected chi connectivity index (χ2v) is 6.94. The maximum absolute atomic E-state index is 12.3. The lowest BCUT2D eigenvalue weighted by Gasteiger charge is -2.16. The van der Waals surface area contributed by atoms with Gasteiger partial charge in [-0.15, -0.1) is 11.3 Å². The number of carboxylic acid groups (broad SMARTS) is 1. The van der Waals surface area contributed by atoms with E-state index >= 15 is 0 Å². The van der Waals surface area contributed by atoms with Crippen molar-refractivity contribution in [3.8, 4) is 0 Å². The molecule has 0 aromatic carbocycles. The number of aromatic carboxylic acids is 1. The molecule has 0 aliphatic carbocycles. The van der Waals surface area contributed by atoms with Crippen LogP contribution in [0.25, 0.3) is 0 Å². The van der Waals surface area contributed by atoms with Gasteiger partial charge in [0.2, 0.25) is 10.0 Å². The highest BCUT2D eigenvalue weighted by molar-refractivity contribution is 7.89. The molecule has 18 heavy (non-hydrogen) atoms. The van der Waals surface area contributed by atoms with Crippen molar-refractivity contribution in [3.05, 3.63) is 15.8 Å². The summed E-state index contributed by atoms with van der Waals surface area (Å²) in [6.45, 7) is 1.82. The van der Waals surface area contributed by atoms with Crippen LogP contribution in [0.4, 0.5) is 0 Å². The Kier molecular flexibility index (Phi) is 3.45. The van der Waals surface area contributed by atoms with Crippen molar-refractivity contribution in [1.82, 2.24) is 4.31 Å². The molecule has 0 radical (unpaired) electrons. The molecule has 1 aromatic heterocycles. The highest BCUT2D eigenvalue weighted by atomic mass is 32.2. The fourth-order valence-electron chi connectivity index (χ4n) is 1.96. The highest BCUT2D eigenvalue weighted by Gasteiger charge is 2.36. The zero-order chi connectivity index (χ0) is 13.5. The summed E-state index contributed by atoms with van der Waals surface area (Å²) in [5.74, 6) is -1.24. The molecular formula is C10H13NO5S2. The number of nitrogens with zero attached hydrogens (tertiary/aromatic N) is 1. The first-order chi connectivity index (χ1) is 8.34. The molecule has 8 heteroatoms. The first-order valence-electron chi connectivity index (χ1n) is 5.33. The van der Waals surface area contributed by atoms with Gasteiger partial charge in [0.05, 0.1) is 6.10 Å². The first kappa shape index (κ1) is 13.5. The molecule has 0 amide bonds. The Morgan fingerprint density at radius 2 is 2.22 bits per heavy atom. The molecular weight excluding hydrogens is 278 g/mol. The van der Waals surface area contributed by atoms with E-state index in [0.29, 0.717) is 12.0 Å². The van der Waals surface area contributed by atoms with Crippen LogP contribution in [0.1, 0.15) is 21.7 Å². The number of β-amino-alcohol motifs (C(OH)–C–C–N with tert-alkyl or cyclic N) is 1. The summed E-state index contributed by atoms with van der Waals surface area (Å²) in [6.07, 6.45) is -0.294. The SMILES string of the molecule is Cc1csc(C(=O)O)c1S(=O)(=O)N1CCC(O)C1. The van der Waals surface area contributed by atoms with E-state index in [0.717, 1.165) is 15.6 Å². The summed E-state index contributed by atoms with van der Waals surface area (Å²) in [7, 11) is -3.83. The van der Waals surface area contributed by atoms with Crippen LogP contribution in [-0.2, 0) is 10.0 Å². The quantitative estimate of drug-likeness (QED) is 0.846. The van der Waals surface area contributed by atoms with E-state index in [-0.39, 0.29) is 22.9 Å². The number of thiophene rings is 1. The van der Waals surface area contributed by atoms with E-state index in [9.17, 15) is 18.3 Å². The average molecular weight is 291 g/mol. The van der Waals surface area contributed by atoms with Crippen LogP contribution in [0.3, 0.4) is 0 Å². The molecule has 1 saturated heterocycles. The molecule has 0 saturated carbocycles. The van der Waals surface area contributed by atoms with E-state index in [1.807, 2.05) is 0 Å². The lowest BCUT2D eigenvalue weighted by molar-refractivity contribution is 0.0698. The fraction of sp³-hybridized carbons (Fsp3) is 0.500. The number of aliphatic hydroxyl groups excluding tert-OH is 1. The van der Waals surface area contributed by atoms with Crippen molar-refractivity contribution in [2.45, 2.75) is 24.3 Å². The number of carbonyl (C=O) groups is 1. The third kappa shape index (κ3) is 2.16. The van der Waals surface area contributed by atoms with Crippen molar-refractivity contribution in [3.63, 3.8) is 0 Å². The van der Waals surface area contributed by atoms with Gasteiger partial charge >= 0.3 is 5.97 Å². The summed E-state index contributed by atoms with van der Waals surface area (Å²) in [6, 6.07) is 0. The molecule has 1 aliphatic rings. The van der Waals surface area contributed by atoms with Gasteiger partial charge in [-0.1, -0.05) is 0 Å². The summed E-state index contributed by atoms with van der Waals surface area (Å²) in [5.41, 5.74) is 0.429. The lowest BCUT2D eigenvalue weighted by atomic mass is 10.3. The van der Waals surface area contributed by atoms with Crippen LogP contribution in [0, 0.1) is 6.92 Å². The van der Waals surface area contributed by atoms with E-state index in [4.69, 9.17) is 5.11 Å². The average Bonchev–Trinajstić information content (AvgIpc) is 2.84. The lowest BCUT2D eigenvalue weighted by Crippen LogP contribution is -2.30. The normalized spacial score (nSPS) is 21.3. The second-order valence-electron chi connectivity index (χ2n) is 4.19. The van der Waals surface area contributed by atoms with Crippen LogP contribution < -0.4 is 0 Å². The van der Waals surface area contributed by atoms with E-state index in [1.54, 1.807) is 6.92 Å². The molecule has 0 spiro atoms. The maximum Gasteiger partial charge on any atom is 0.347 e. The van der Waals surface area contributed by atoms with Crippen LogP contribution >= 0.6 is 11.3 Å². The molecule has 2 heterocycles. The Bertz CT molecular complexity index is 577. The van der Waals surface area contributed by atoms with Crippen molar-refractivity contribution in [1.29, 1.82) is 0 Å². The van der Waals surface area contributed by atoms with E-state index in [1.165, 1.54) is 5.38 Å². The minimum atomic E-state index is -3.83.